The summed E-state index contributed by atoms with van der Waals surface area (Å²) in [7, 11) is 0. The molecule has 8 heteroatoms. The smallest absolute Gasteiger partial charge is 0.209 e. The molecule has 0 aliphatic carbocycles. The molecule has 0 radical (unpaired) electrons. The third-order valence-electron chi connectivity index (χ3n) is 4.57. The fourth-order valence-corrected chi connectivity index (χ4v) is 2.97. The first-order chi connectivity index (χ1) is 11.5. The molecule has 0 aromatic heterocycles. The summed E-state index contributed by atoms with van der Waals surface area (Å²) in [5.74, 6) is -0.680. The highest BCUT2D eigenvalue weighted by molar-refractivity contribution is 5.46. The minimum atomic E-state index is -0.680. The van der Waals surface area contributed by atoms with Gasteiger partial charge in [0.2, 0.25) is 6.41 Å². The molecule has 1 amide bonds. The van der Waals surface area contributed by atoms with Gasteiger partial charge in [0.1, 0.15) is 0 Å². The summed E-state index contributed by atoms with van der Waals surface area (Å²) >= 11 is 0. The Labute approximate surface area is 144 Å². The number of hydrogen-bond donors (Lipinski definition) is 3. The molecule has 0 aromatic carbocycles. The SMILES string of the molecule is CC1(C)OCC(O)C(N2CCNCCNCCN(C=O)CC2)CO1. The summed E-state index contributed by atoms with van der Waals surface area (Å²) in [6.45, 7) is 10.6. The molecule has 2 saturated heterocycles. The maximum absolute atomic E-state index is 11.2. The van der Waals surface area contributed by atoms with Crippen LogP contribution in [0.5, 0.6) is 0 Å². The molecule has 2 atom stereocenters. The van der Waals surface area contributed by atoms with Crippen LogP contribution in [0.3, 0.4) is 0 Å². The molecule has 2 unspecified atom stereocenters. The van der Waals surface area contributed by atoms with Crippen molar-refractivity contribution < 1.29 is 19.4 Å². The van der Waals surface area contributed by atoms with E-state index in [2.05, 4.69) is 15.5 Å². The second-order valence-corrected chi connectivity index (χ2v) is 6.83. The monoisotopic (exact) mass is 344 g/mol. The molecule has 24 heavy (non-hydrogen) atoms. The Morgan fingerprint density at radius 1 is 1.00 bits per heavy atom. The Morgan fingerprint density at radius 2 is 1.67 bits per heavy atom. The summed E-state index contributed by atoms with van der Waals surface area (Å²) in [6.07, 6.45) is 0.293. The van der Waals surface area contributed by atoms with Crippen molar-refractivity contribution in [2.24, 2.45) is 0 Å². The second kappa shape index (κ2) is 9.65. The van der Waals surface area contributed by atoms with Gasteiger partial charge in [0, 0.05) is 52.4 Å². The maximum Gasteiger partial charge on any atom is 0.209 e. The van der Waals surface area contributed by atoms with Gasteiger partial charge < -0.3 is 30.1 Å². The van der Waals surface area contributed by atoms with Crippen LogP contribution in [-0.2, 0) is 14.3 Å². The van der Waals surface area contributed by atoms with Crippen LogP contribution in [0, 0.1) is 0 Å². The molecule has 2 heterocycles. The molecule has 0 spiro atoms. The number of rotatable bonds is 2. The molecule has 2 aliphatic heterocycles. The van der Waals surface area contributed by atoms with Crippen LogP contribution in [0.4, 0.5) is 0 Å². The highest BCUT2D eigenvalue weighted by Crippen LogP contribution is 2.20. The third kappa shape index (κ3) is 6.27. The van der Waals surface area contributed by atoms with Gasteiger partial charge >= 0.3 is 0 Å². The van der Waals surface area contributed by atoms with Gasteiger partial charge in [-0.1, -0.05) is 0 Å². The van der Waals surface area contributed by atoms with Gasteiger partial charge in [0.05, 0.1) is 25.4 Å². The first-order valence-corrected chi connectivity index (χ1v) is 8.82. The van der Waals surface area contributed by atoms with Crippen LogP contribution in [0.1, 0.15) is 13.8 Å². The Morgan fingerprint density at radius 3 is 2.38 bits per heavy atom. The second-order valence-electron chi connectivity index (χ2n) is 6.83. The van der Waals surface area contributed by atoms with Crippen molar-refractivity contribution in [2.75, 3.05) is 65.6 Å². The predicted molar refractivity (Wildman–Crippen MR) is 90.7 cm³/mol. The molecular formula is C16H32N4O4. The molecule has 0 aromatic rings. The van der Waals surface area contributed by atoms with E-state index in [-0.39, 0.29) is 12.6 Å². The Balaban J connectivity index is 2.00. The number of aliphatic hydroxyl groups excluding tert-OH is 1. The van der Waals surface area contributed by atoms with Crippen molar-refractivity contribution in [1.29, 1.82) is 0 Å². The van der Waals surface area contributed by atoms with E-state index in [0.717, 1.165) is 39.1 Å². The van der Waals surface area contributed by atoms with Crippen molar-refractivity contribution in [3.05, 3.63) is 0 Å². The van der Waals surface area contributed by atoms with E-state index in [1.54, 1.807) is 4.90 Å². The summed E-state index contributed by atoms with van der Waals surface area (Å²) in [6, 6.07) is -0.136. The molecule has 8 nitrogen and oxygen atoms in total. The van der Waals surface area contributed by atoms with Gasteiger partial charge in [0.25, 0.3) is 0 Å². The summed E-state index contributed by atoms with van der Waals surface area (Å²) in [5, 5.41) is 17.2. The fraction of sp³-hybridized carbons (Fsp3) is 0.938. The number of carbonyl (C=O) groups is 1. The van der Waals surface area contributed by atoms with E-state index in [1.807, 2.05) is 13.8 Å². The maximum atomic E-state index is 11.2. The fourth-order valence-electron chi connectivity index (χ4n) is 2.97. The van der Waals surface area contributed by atoms with Crippen molar-refractivity contribution in [1.82, 2.24) is 20.4 Å². The third-order valence-corrected chi connectivity index (χ3v) is 4.57. The number of ether oxygens (including phenoxy) is 2. The zero-order valence-corrected chi connectivity index (χ0v) is 14.9. The Kier molecular flexibility index (Phi) is 7.86. The number of nitrogens with zero attached hydrogens (tertiary/aromatic N) is 2. The minimum absolute atomic E-state index is 0.136. The van der Waals surface area contributed by atoms with Crippen LogP contribution in [0.15, 0.2) is 0 Å². The number of aliphatic hydroxyl groups is 1. The number of carbonyl (C=O) groups excluding carboxylic acids is 1. The molecule has 2 rings (SSSR count). The van der Waals surface area contributed by atoms with Crippen LogP contribution >= 0.6 is 0 Å². The van der Waals surface area contributed by atoms with Gasteiger partial charge in [-0.25, -0.2) is 0 Å². The summed E-state index contributed by atoms with van der Waals surface area (Å²) < 4.78 is 11.4. The van der Waals surface area contributed by atoms with E-state index in [1.165, 1.54) is 0 Å². The largest absolute Gasteiger partial charge is 0.389 e. The van der Waals surface area contributed by atoms with Crippen molar-refractivity contribution in [3.63, 3.8) is 0 Å². The van der Waals surface area contributed by atoms with E-state index >= 15 is 0 Å². The average Bonchev–Trinajstić information content (AvgIpc) is 2.68. The van der Waals surface area contributed by atoms with Gasteiger partial charge in [0.15, 0.2) is 5.79 Å². The number of amides is 1. The highest BCUT2D eigenvalue weighted by atomic mass is 16.7. The normalized spacial score (nSPS) is 31.5. The predicted octanol–water partition coefficient (Wildman–Crippen LogP) is -1.55. The van der Waals surface area contributed by atoms with Gasteiger partial charge in [-0.05, 0) is 13.8 Å². The first kappa shape index (κ1) is 19.6. The molecule has 0 bridgehead atoms. The lowest BCUT2D eigenvalue weighted by atomic mass is 10.1. The van der Waals surface area contributed by atoms with Crippen molar-refractivity contribution >= 4 is 6.41 Å². The Hall–Kier alpha value is -0.770. The summed E-state index contributed by atoms with van der Waals surface area (Å²) in [4.78, 5) is 15.2. The van der Waals surface area contributed by atoms with Crippen LogP contribution < -0.4 is 10.6 Å². The van der Waals surface area contributed by atoms with Crippen LogP contribution in [0.2, 0.25) is 0 Å². The van der Waals surface area contributed by atoms with E-state index in [9.17, 15) is 9.90 Å². The molecule has 2 fully saturated rings. The molecule has 2 aliphatic rings. The molecular weight excluding hydrogens is 312 g/mol. The average molecular weight is 344 g/mol. The standard InChI is InChI=1S/C16H32N4O4/c1-16(2)23-11-14(15(22)12-24-16)20-8-6-18-4-3-17-5-7-19(13-21)9-10-20/h13-15,17-18,22H,3-12H2,1-2H3. The summed E-state index contributed by atoms with van der Waals surface area (Å²) in [5.41, 5.74) is 0. The molecule has 0 saturated carbocycles. The quantitative estimate of drug-likeness (QED) is 0.523. The van der Waals surface area contributed by atoms with Crippen LogP contribution in [0.25, 0.3) is 0 Å². The number of hydrogen-bond acceptors (Lipinski definition) is 7. The van der Waals surface area contributed by atoms with Gasteiger partial charge in [-0.3, -0.25) is 9.69 Å². The topological polar surface area (TPSA) is 86.3 Å². The van der Waals surface area contributed by atoms with Gasteiger partial charge in [-0.2, -0.15) is 0 Å². The zero-order valence-electron chi connectivity index (χ0n) is 14.9. The lowest BCUT2D eigenvalue weighted by Crippen LogP contribution is -2.52. The Bertz CT molecular complexity index is 383. The van der Waals surface area contributed by atoms with E-state index < -0.39 is 11.9 Å². The minimum Gasteiger partial charge on any atom is -0.389 e. The lowest BCUT2D eigenvalue weighted by molar-refractivity contribution is -0.204. The number of nitrogens with one attached hydrogen (secondary N) is 2. The molecule has 3 N–H and O–H groups in total. The van der Waals surface area contributed by atoms with E-state index in [0.29, 0.717) is 26.2 Å². The van der Waals surface area contributed by atoms with Crippen molar-refractivity contribution in [3.8, 4) is 0 Å². The van der Waals surface area contributed by atoms with Gasteiger partial charge in [-0.15, -0.1) is 0 Å². The van der Waals surface area contributed by atoms with E-state index in [4.69, 9.17) is 9.47 Å². The zero-order chi connectivity index (χ0) is 17.4. The first-order valence-electron chi connectivity index (χ1n) is 8.82. The van der Waals surface area contributed by atoms with Crippen LogP contribution in [-0.4, -0.2) is 105 Å². The highest BCUT2D eigenvalue weighted by Gasteiger charge is 2.34. The molecule has 140 valence electrons. The lowest BCUT2D eigenvalue weighted by Gasteiger charge is -2.34. The van der Waals surface area contributed by atoms with Crippen molar-refractivity contribution in [2.45, 2.75) is 31.8 Å².